The van der Waals surface area contributed by atoms with Crippen LogP contribution in [0.2, 0.25) is 0 Å². The van der Waals surface area contributed by atoms with Gasteiger partial charge in [0.25, 0.3) is 5.91 Å². The van der Waals surface area contributed by atoms with Gasteiger partial charge in [-0.1, -0.05) is 30.0 Å². The number of nitrogens with one attached hydrogen (secondary N) is 2. The number of H-pyrrole nitrogens is 1. The first-order valence-electron chi connectivity index (χ1n) is 7.22. The van der Waals surface area contributed by atoms with Crippen LogP contribution >= 0.6 is 23.1 Å². The number of para-hydroxylation sites is 1. The van der Waals surface area contributed by atoms with E-state index in [1.54, 1.807) is 5.38 Å². The maximum absolute atomic E-state index is 12.2. The Morgan fingerprint density at radius 1 is 1.35 bits per heavy atom. The summed E-state index contributed by atoms with van der Waals surface area (Å²) < 4.78 is 0. The van der Waals surface area contributed by atoms with Crippen molar-refractivity contribution >= 4 is 45.0 Å². The third-order valence-corrected chi connectivity index (χ3v) is 5.62. The maximum Gasteiger partial charge on any atom is 0.271 e. The van der Waals surface area contributed by atoms with Crippen molar-refractivity contribution in [3.8, 4) is 10.7 Å². The predicted molar refractivity (Wildman–Crippen MR) is 92.7 cm³/mol. The molecule has 2 aromatic heterocycles. The fourth-order valence-electron chi connectivity index (χ4n) is 2.55. The molecule has 0 saturated carbocycles. The largest absolute Gasteiger partial charge is 0.353 e. The van der Waals surface area contributed by atoms with E-state index in [1.807, 2.05) is 30.3 Å². The Bertz CT molecular complexity index is 867. The van der Waals surface area contributed by atoms with Gasteiger partial charge in [-0.3, -0.25) is 9.59 Å². The molecule has 23 heavy (non-hydrogen) atoms. The number of aromatic nitrogens is 2. The van der Waals surface area contributed by atoms with Crippen LogP contribution in [-0.2, 0) is 4.79 Å². The lowest BCUT2D eigenvalue weighted by molar-refractivity contribution is -0.112. The van der Waals surface area contributed by atoms with E-state index in [4.69, 9.17) is 0 Å². The second-order valence-corrected chi connectivity index (χ2v) is 7.25. The number of aromatic amines is 1. The van der Waals surface area contributed by atoms with Crippen molar-refractivity contribution < 1.29 is 9.59 Å². The Balaban J connectivity index is 1.56. The lowest BCUT2D eigenvalue weighted by Gasteiger charge is -2.07. The zero-order chi connectivity index (χ0) is 15.8. The zero-order valence-corrected chi connectivity index (χ0v) is 13.7. The van der Waals surface area contributed by atoms with Crippen molar-refractivity contribution in [2.45, 2.75) is 12.5 Å². The highest BCUT2D eigenvalue weighted by Crippen LogP contribution is 2.27. The normalized spacial score (nSPS) is 17.7. The molecule has 0 spiro atoms. The number of amides is 1. The number of hydrogen-bond donors (Lipinski definition) is 2. The quantitative estimate of drug-likeness (QED) is 0.766. The topological polar surface area (TPSA) is 74.8 Å². The van der Waals surface area contributed by atoms with Crippen molar-refractivity contribution in [1.82, 2.24) is 15.3 Å². The van der Waals surface area contributed by atoms with Crippen LogP contribution < -0.4 is 5.32 Å². The summed E-state index contributed by atoms with van der Waals surface area (Å²) in [6, 6.07) is 9.62. The molecule has 0 aliphatic carbocycles. The minimum absolute atomic E-state index is 0.0319. The number of benzene rings is 1. The van der Waals surface area contributed by atoms with Crippen LogP contribution in [-0.4, -0.2) is 32.8 Å². The van der Waals surface area contributed by atoms with Crippen molar-refractivity contribution in [3.05, 3.63) is 41.4 Å². The molecule has 1 fully saturated rings. The molecule has 3 heterocycles. The Kier molecular flexibility index (Phi) is 3.66. The lowest BCUT2D eigenvalue weighted by Crippen LogP contribution is -2.37. The summed E-state index contributed by atoms with van der Waals surface area (Å²) in [5.41, 5.74) is 2.29. The van der Waals surface area contributed by atoms with E-state index in [9.17, 15) is 9.59 Å². The molecule has 0 radical (unpaired) electrons. The van der Waals surface area contributed by atoms with E-state index < -0.39 is 0 Å². The summed E-state index contributed by atoms with van der Waals surface area (Å²) in [5, 5.41) is 6.39. The highest BCUT2D eigenvalue weighted by Gasteiger charge is 2.27. The molecule has 0 bridgehead atoms. The van der Waals surface area contributed by atoms with E-state index in [1.165, 1.54) is 23.1 Å². The number of rotatable bonds is 3. The van der Waals surface area contributed by atoms with Gasteiger partial charge in [-0.25, -0.2) is 4.98 Å². The molecule has 2 N–H and O–H groups in total. The number of carbonyl (C=O) groups is 2. The molecule has 7 heteroatoms. The van der Waals surface area contributed by atoms with E-state index >= 15 is 0 Å². The summed E-state index contributed by atoms with van der Waals surface area (Å²) in [6.07, 6.45) is 0.689. The van der Waals surface area contributed by atoms with Crippen molar-refractivity contribution in [2.75, 3.05) is 5.75 Å². The molecule has 1 atom stereocenters. The van der Waals surface area contributed by atoms with Gasteiger partial charge in [0.05, 0.1) is 11.7 Å². The highest BCUT2D eigenvalue weighted by molar-refractivity contribution is 8.14. The first-order valence-corrected chi connectivity index (χ1v) is 9.08. The van der Waals surface area contributed by atoms with Crippen molar-refractivity contribution in [2.24, 2.45) is 0 Å². The van der Waals surface area contributed by atoms with Crippen LogP contribution in [0.1, 0.15) is 16.9 Å². The summed E-state index contributed by atoms with van der Waals surface area (Å²) in [4.78, 5) is 31.5. The molecule has 0 unspecified atom stereocenters. The summed E-state index contributed by atoms with van der Waals surface area (Å²) in [6.45, 7) is 0. The molecule has 1 aromatic carbocycles. The second-order valence-electron chi connectivity index (χ2n) is 5.29. The number of nitrogens with zero attached hydrogens (tertiary/aromatic N) is 1. The fourth-order valence-corrected chi connectivity index (χ4v) is 4.25. The Morgan fingerprint density at radius 2 is 2.22 bits per heavy atom. The van der Waals surface area contributed by atoms with Crippen LogP contribution in [0.5, 0.6) is 0 Å². The van der Waals surface area contributed by atoms with Gasteiger partial charge in [0, 0.05) is 22.0 Å². The molecule has 1 saturated heterocycles. The van der Waals surface area contributed by atoms with Gasteiger partial charge in [0.2, 0.25) is 5.12 Å². The molecule has 3 aromatic rings. The zero-order valence-electron chi connectivity index (χ0n) is 12.0. The summed E-state index contributed by atoms with van der Waals surface area (Å²) >= 11 is 2.68. The van der Waals surface area contributed by atoms with Gasteiger partial charge in [0.15, 0.2) is 0 Å². The Hall–Kier alpha value is -2.12. The first-order chi connectivity index (χ1) is 11.2. The third kappa shape index (κ3) is 2.77. The third-order valence-electron chi connectivity index (χ3n) is 3.74. The fraction of sp³-hybridized carbons (Fsp3) is 0.188. The second kappa shape index (κ2) is 5.82. The van der Waals surface area contributed by atoms with Crippen molar-refractivity contribution in [1.29, 1.82) is 0 Å². The van der Waals surface area contributed by atoms with Gasteiger partial charge in [-0.2, -0.15) is 0 Å². The summed E-state index contributed by atoms with van der Waals surface area (Å²) in [5.74, 6) is 0.478. The standard InChI is InChI=1S/C16H13N3O2S2/c20-14(18-11-5-6-22-16(11)21)13-8-23-15(19-13)12-7-9-3-1-2-4-10(9)17-12/h1-4,7-8,11,17H,5-6H2,(H,18,20)/t11-/m1/s1. The number of thiazole rings is 1. The van der Waals surface area contributed by atoms with Gasteiger partial charge in [0.1, 0.15) is 10.7 Å². The predicted octanol–water partition coefficient (Wildman–Crippen LogP) is 3.05. The van der Waals surface area contributed by atoms with E-state index in [0.29, 0.717) is 12.1 Å². The molecule has 1 aliphatic heterocycles. The van der Waals surface area contributed by atoms with Crippen LogP contribution in [0.3, 0.4) is 0 Å². The van der Waals surface area contributed by atoms with Crippen LogP contribution in [0, 0.1) is 0 Å². The minimum atomic E-state index is -0.384. The van der Waals surface area contributed by atoms with Crippen molar-refractivity contribution in [3.63, 3.8) is 0 Å². The molecule has 5 nitrogen and oxygen atoms in total. The molecule has 116 valence electrons. The number of hydrogen-bond acceptors (Lipinski definition) is 5. The highest BCUT2D eigenvalue weighted by atomic mass is 32.2. The van der Waals surface area contributed by atoms with Crippen LogP contribution in [0.15, 0.2) is 35.7 Å². The average Bonchev–Trinajstić information content (AvgIpc) is 3.26. The molecular weight excluding hydrogens is 330 g/mol. The smallest absolute Gasteiger partial charge is 0.271 e. The lowest BCUT2D eigenvalue weighted by atomic mass is 10.2. The van der Waals surface area contributed by atoms with Gasteiger partial charge < -0.3 is 10.3 Å². The minimum Gasteiger partial charge on any atom is -0.353 e. The van der Waals surface area contributed by atoms with Gasteiger partial charge >= 0.3 is 0 Å². The average molecular weight is 343 g/mol. The number of fused-ring (bicyclic) bond motifs is 1. The molecule has 4 rings (SSSR count). The monoisotopic (exact) mass is 343 g/mol. The van der Waals surface area contributed by atoms with Gasteiger partial charge in [-0.15, -0.1) is 11.3 Å². The van der Waals surface area contributed by atoms with Gasteiger partial charge in [-0.05, 0) is 18.6 Å². The van der Waals surface area contributed by atoms with E-state index in [0.717, 1.165) is 27.4 Å². The first kappa shape index (κ1) is 14.5. The molecular formula is C16H13N3O2S2. The Morgan fingerprint density at radius 3 is 3.00 bits per heavy atom. The number of thioether (sulfide) groups is 1. The van der Waals surface area contributed by atoms with Crippen LogP contribution in [0.4, 0.5) is 0 Å². The number of carbonyl (C=O) groups excluding carboxylic acids is 2. The molecule has 1 aliphatic rings. The maximum atomic E-state index is 12.2. The Labute approximate surface area is 140 Å². The SMILES string of the molecule is O=C(N[C@@H]1CCSC1=O)c1csc(-c2cc3ccccc3[nH]2)n1. The van der Waals surface area contributed by atoms with E-state index in [2.05, 4.69) is 15.3 Å². The van der Waals surface area contributed by atoms with E-state index in [-0.39, 0.29) is 17.1 Å². The molecule has 1 amide bonds. The van der Waals surface area contributed by atoms with Crippen LogP contribution in [0.25, 0.3) is 21.6 Å². The summed E-state index contributed by atoms with van der Waals surface area (Å²) in [7, 11) is 0.